The van der Waals surface area contributed by atoms with Gasteiger partial charge in [-0.15, -0.1) is 0 Å². The van der Waals surface area contributed by atoms with Gasteiger partial charge in [-0.2, -0.15) is 14.7 Å². The lowest BCUT2D eigenvalue weighted by atomic mass is 10.0. The van der Waals surface area contributed by atoms with Crippen LogP contribution in [0, 0.1) is 0 Å². The van der Waals surface area contributed by atoms with Gasteiger partial charge in [0.25, 0.3) is 0 Å². The first-order valence-corrected chi connectivity index (χ1v) is 5.41. The van der Waals surface area contributed by atoms with E-state index in [2.05, 4.69) is 15.2 Å². The highest BCUT2D eigenvalue weighted by Crippen LogP contribution is 2.24. The molecule has 0 aromatic carbocycles. The number of methoxy groups -OCH3 is 1. The average molecular weight is 231 g/mol. The Balaban J connectivity index is 2.10. The van der Waals surface area contributed by atoms with Crippen molar-refractivity contribution in [2.75, 3.05) is 20.7 Å². The van der Waals surface area contributed by atoms with Crippen LogP contribution in [0.4, 0.5) is 0 Å². The van der Waals surface area contributed by atoms with Gasteiger partial charge in [-0.25, -0.2) is 4.98 Å². The van der Waals surface area contributed by atoms with Gasteiger partial charge < -0.3 is 4.74 Å². The Kier molecular flexibility index (Phi) is 2.21. The summed E-state index contributed by atoms with van der Waals surface area (Å²) in [5.41, 5.74) is 1.91. The Bertz CT molecular complexity index is 576. The molecule has 0 amide bonds. The van der Waals surface area contributed by atoms with Crippen molar-refractivity contribution in [3.05, 3.63) is 24.0 Å². The van der Waals surface area contributed by atoms with Crippen LogP contribution in [0.3, 0.4) is 0 Å². The fourth-order valence-electron chi connectivity index (χ4n) is 2.06. The summed E-state index contributed by atoms with van der Waals surface area (Å²) in [4.78, 5) is 4.36. The molecule has 0 saturated heterocycles. The van der Waals surface area contributed by atoms with Crippen LogP contribution in [0.1, 0.15) is 11.5 Å². The summed E-state index contributed by atoms with van der Waals surface area (Å²) >= 11 is 0. The molecule has 17 heavy (non-hydrogen) atoms. The molecule has 6 nitrogen and oxygen atoms in total. The lowest BCUT2D eigenvalue weighted by Gasteiger charge is -2.08. The topological polar surface area (TPSA) is 55.0 Å². The number of aromatic nitrogens is 3. The molecule has 2 aromatic heterocycles. The minimum Gasteiger partial charge on any atom is -0.481 e. The van der Waals surface area contributed by atoms with Gasteiger partial charge in [-0.3, -0.25) is 5.01 Å². The Hall–Kier alpha value is -2.11. The molecular formula is C11H13N5O. The molecule has 1 atom stereocenters. The van der Waals surface area contributed by atoms with Gasteiger partial charge in [0.15, 0.2) is 5.65 Å². The number of hydrogen-bond acceptors (Lipinski definition) is 5. The molecule has 3 rings (SSSR count). The monoisotopic (exact) mass is 231 g/mol. The van der Waals surface area contributed by atoms with Crippen molar-refractivity contribution < 1.29 is 4.74 Å². The maximum Gasteiger partial charge on any atom is 0.217 e. The maximum absolute atomic E-state index is 5.24. The van der Waals surface area contributed by atoms with E-state index in [4.69, 9.17) is 4.74 Å². The van der Waals surface area contributed by atoms with Crippen LogP contribution in [0.25, 0.3) is 5.65 Å². The molecule has 1 unspecified atom stereocenters. The molecule has 3 heterocycles. The van der Waals surface area contributed by atoms with Crippen molar-refractivity contribution in [1.82, 2.24) is 19.6 Å². The maximum atomic E-state index is 5.24. The molecule has 0 bridgehead atoms. The number of hydrazone groups is 1. The SMILES string of the molecule is COc1ccnc2c(C3C=NN(C)C3)cnn12. The minimum absolute atomic E-state index is 0.247. The van der Waals surface area contributed by atoms with Crippen molar-refractivity contribution in [3.8, 4) is 5.88 Å². The Labute approximate surface area is 98.5 Å². The quantitative estimate of drug-likeness (QED) is 0.765. The molecule has 0 N–H and O–H groups in total. The van der Waals surface area contributed by atoms with Crippen LogP contribution in [0.5, 0.6) is 5.88 Å². The third-order valence-corrected chi connectivity index (χ3v) is 2.91. The Morgan fingerprint density at radius 3 is 3.06 bits per heavy atom. The predicted molar refractivity (Wildman–Crippen MR) is 63.4 cm³/mol. The predicted octanol–water partition coefficient (Wildman–Crippen LogP) is 0.753. The van der Waals surface area contributed by atoms with Crippen molar-refractivity contribution in [1.29, 1.82) is 0 Å². The van der Waals surface area contributed by atoms with E-state index in [1.165, 1.54) is 0 Å². The summed E-state index contributed by atoms with van der Waals surface area (Å²) in [6.07, 6.45) is 5.49. The number of hydrogen-bond donors (Lipinski definition) is 0. The first kappa shape index (κ1) is 10.1. The minimum atomic E-state index is 0.247. The summed E-state index contributed by atoms with van der Waals surface area (Å²) in [6.45, 7) is 0.861. The largest absolute Gasteiger partial charge is 0.481 e. The van der Waals surface area contributed by atoms with E-state index in [1.54, 1.807) is 23.9 Å². The second-order valence-electron chi connectivity index (χ2n) is 4.03. The molecule has 0 aliphatic carbocycles. The zero-order valence-corrected chi connectivity index (χ0v) is 9.74. The lowest BCUT2D eigenvalue weighted by molar-refractivity contribution is 0.381. The molecule has 2 aromatic rings. The second kappa shape index (κ2) is 3.73. The summed E-state index contributed by atoms with van der Waals surface area (Å²) in [6, 6.07) is 1.79. The molecule has 1 aliphatic rings. The van der Waals surface area contributed by atoms with E-state index in [0.29, 0.717) is 5.88 Å². The van der Waals surface area contributed by atoms with E-state index in [1.807, 2.05) is 24.5 Å². The van der Waals surface area contributed by atoms with Crippen LogP contribution in [0.2, 0.25) is 0 Å². The first-order valence-electron chi connectivity index (χ1n) is 5.41. The van der Waals surface area contributed by atoms with Gasteiger partial charge in [0, 0.05) is 43.6 Å². The van der Waals surface area contributed by atoms with Crippen LogP contribution >= 0.6 is 0 Å². The third kappa shape index (κ3) is 1.52. The van der Waals surface area contributed by atoms with E-state index >= 15 is 0 Å². The van der Waals surface area contributed by atoms with Crippen molar-refractivity contribution in [2.45, 2.75) is 5.92 Å². The highest BCUT2D eigenvalue weighted by Gasteiger charge is 2.21. The van der Waals surface area contributed by atoms with Crippen LogP contribution in [-0.2, 0) is 0 Å². The number of ether oxygens (including phenoxy) is 1. The Morgan fingerprint density at radius 2 is 2.35 bits per heavy atom. The van der Waals surface area contributed by atoms with E-state index in [0.717, 1.165) is 17.8 Å². The number of nitrogens with zero attached hydrogens (tertiary/aromatic N) is 5. The molecule has 0 spiro atoms. The average Bonchev–Trinajstić information content (AvgIpc) is 2.94. The number of fused-ring (bicyclic) bond motifs is 1. The van der Waals surface area contributed by atoms with Crippen molar-refractivity contribution in [2.24, 2.45) is 5.10 Å². The first-order chi connectivity index (χ1) is 8.29. The molecule has 0 fully saturated rings. The number of likely N-dealkylation sites (N-methyl/N-ethyl adjacent to an activating group) is 1. The highest BCUT2D eigenvalue weighted by molar-refractivity contribution is 5.73. The van der Waals surface area contributed by atoms with Crippen molar-refractivity contribution >= 4 is 11.9 Å². The summed E-state index contributed by atoms with van der Waals surface area (Å²) in [5, 5.41) is 10.5. The fraction of sp³-hybridized carbons (Fsp3) is 0.364. The molecule has 0 saturated carbocycles. The van der Waals surface area contributed by atoms with Gasteiger partial charge in [0.05, 0.1) is 13.3 Å². The normalized spacial score (nSPS) is 19.2. The van der Waals surface area contributed by atoms with Gasteiger partial charge in [0.1, 0.15) is 0 Å². The molecule has 1 aliphatic heterocycles. The van der Waals surface area contributed by atoms with Crippen molar-refractivity contribution in [3.63, 3.8) is 0 Å². The molecule has 6 heteroatoms. The summed E-state index contributed by atoms with van der Waals surface area (Å²) < 4.78 is 6.95. The zero-order valence-electron chi connectivity index (χ0n) is 9.74. The standard InChI is InChI=1S/C11H13N5O/c1-15-7-8(5-13-15)9-6-14-16-10(17-2)3-4-12-11(9)16/h3-6,8H,7H2,1-2H3. The molecular weight excluding hydrogens is 218 g/mol. The highest BCUT2D eigenvalue weighted by atomic mass is 16.5. The second-order valence-corrected chi connectivity index (χ2v) is 4.03. The lowest BCUT2D eigenvalue weighted by Crippen LogP contribution is -2.12. The van der Waals surface area contributed by atoms with Crippen LogP contribution in [0.15, 0.2) is 23.6 Å². The summed E-state index contributed by atoms with van der Waals surface area (Å²) in [5.74, 6) is 0.932. The van der Waals surface area contributed by atoms with Gasteiger partial charge in [-0.1, -0.05) is 0 Å². The fourth-order valence-corrected chi connectivity index (χ4v) is 2.06. The van der Waals surface area contributed by atoms with Gasteiger partial charge in [-0.05, 0) is 0 Å². The van der Waals surface area contributed by atoms with E-state index in [-0.39, 0.29) is 5.92 Å². The van der Waals surface area contributed by atoms with E-state index < -0.39 is 0 Å². The molecule has 88 valence electrons. The summed E-state index contributed by atoms with van der Waals surface area (Å²) in [7, 11) is 3.58. The van der Waals surface area contributed by atoms with Crippen LogP contribution < -0.4 is 4.74 Å². The smallest absolute Gasteiger partial charge is 0.217 e. The Morgan fingerprint density at radius 1 is 1.47 bits per heavy atom. The van der Waals surface area contributed by atoms with Crippen LogP contribution in [-0.4, -0.2) is 46.5 Å². The number of rotatable bonds is 2. The molecule has 0 radical (unpaired) electrons. The third-order valence-electron chi connectivity index (χ3n) is 2.91. The van der Waals surface area contributed by atoms with Gasteiger partial charge >= 0.3 is 0 Å². The zero-order chi connectivity index (χ0) is 11.8. The van der Waals surface area contributed by atoms with Gasteiger partial charge in [0.2, 0.25) is 5.88 Å². The van der Waals surface area contributed by atoms with E-state index in [9.17, 15) is 0 Å².